The Bertz CT molecular complexity index is 3570. The number of hydrogen-bond acceptors (Lipinski definition) is 4. The number of rotatable bonds is 4. The molecule has 2 nitrogen and oxygen atoms in total. The fourth-order valence-corrected chi connectivity index (χ4v) is 12.8. The topological polar surface area (TPSA) is 15.3 Å². The first kappa shape index (κ1) is 33.3. The van der Waals surface area contributed by atoms with E-state index in [0.29, 0.717) is 0 Å². The van der Waals surface area contributed by atoms with Crippen molar-refractivity contribution in [1.29, 1.82) is 0 Å². The van der Waals surface area contributed by atoms with Crippen LogP contribution in [0.25, 0.3) is 84.5 Å². The molecule has 59 heavy (non-hydrogen) atoms. The predicted octanol–water partition coefficient (Wildman–Crippen LogP) is 16.7. The van der Waals surface area contributed by atoms with Gasteiger partial charge in [0, 0.05) is 74.8 Å². The van der Waals surface area contributed by atoms with Crippen LogP contribution in [0.5, 0.6) is 0 Å². The zero-order valence-electron chi connectivity index (χ0n) is 32.5. The molecular weight excluding hydrogens is 753 g/mol. The molecule has 0 spiro atoms. The van der Waals surface area contributed by atoms with Crippen LogP contribution < -0.4 is 10.2 Å². The maximum atomic E-state index is 3.75. The Morgan fingerprint density at radius 2 is 1.05 bits per heavy atom. The summed E-state index contributed by atoms with van der Waals surface area (Å²) in [5.41, 5.74) is 16.1. The normalized spacial score (nSPS) is 13.5. The molecule has 0 fully saturated rings. The zero-order chi connectivity index (χ0) is 39.0. The predicted molar refractivity (Wildman–Crippen MR) is 256 cm³/mol. The van der Waals surface area contributed by atoms with Crippen molar-refractivity contribution in [3.63, 3.8) is 0 Å². The number of para-hydroxylation sites is 1. The second-order valence-corrected chi connectivity index (χ2v) is 18.6. The lowest BCUT2D eigenvalue weighted by Crippen LogP contribution is -2.16. The Hall–Kier alpha value is -6.72. The molecule has 278 valence electrons. The van der Waals surface area contributed by atoms with Gasteiger partial charge < -0.3 is 10.2 Å². The number of anilines is 5. The van der Waals surface area contributed by atoms with E-state index in [1.165, 1.54) is 107 Å². The maximum absolute atomic E-state index is 3.75. The van der Waals surface area contributed by atoms with E-state index in [2.05, 4.69) is 200 Å². The highest BCUT2D eigenvalue weighted by Crippen LogP contribution is 2.57. The second kappa shape index (κ2) is 12.2. The average molecular weight is 789 g/mol. The van der Waals surface area contributed by atoms with Crippen molar-refractivity contribution >= 4 is 102 Å². The standard InChI is InChI=1S/C55H36N2S2/c1-55(2)45-29-28-34(30-42(45)44-31-43-36-12-3-6-19-46(36)56-47-20-10-18-41(51(43)47)52(44)55)57(48-21-11-17-40-38-14-5-8-23-50(38)59-54(40)48)33-26-24-32(25-27-33)35-15-9-16-39-37-13-4-7-22-49(37)58-53(35)39/h3-31,56H,1-2H3. The van der Waals surface area contributed by atoms with Gasteiger partial charge in [-0.25, -0.2) is 0 Å². The van der Waals surface area contributed by atoms with Crippen molar-refractivity contribution in [2.24, 2.45) is 0 Å². The van der Waals surface area contributed by atoms with Crippen molar-refractivity contribution in [2.45, 2.75) is 19.3 Å². The molecule has 13 rings (SSSR count). The Kier molecular flexibility index (Phi) is 6.85. The van der Waals surface area contributed by atoms with Gasteiger partial charge in [-0.1, -0.05) is 129 Å². The lowest BCUT2D eigenvalue weighted by Gasteiger charge is -2.28. The summed E-state index contributed by atoms with van der Waals surface area (Å²) in [6, 6.07) is 65.6. The van der Waals surface area contributed by atoms with E-state index in [0.717, 1.165) is 17.1 Å². The summed E-state index contributed by atoms with van der Waals surface area (Å²) in [4.78, 5) is 2.50. The van der Waals surface area contributed by atoms with Crippen LogP contribution in [0.1, 0.15) is 25.0 Å². The second-order valence-electron chi connectivity index (χ2n) is 16.5. The van der Waals surface area contributed by atoms with Crippen LogP contribution in [0.3, 0.4) is 0 Å². The Morgan fingerprint density at radius 3 is 1.86 bits per heavy atom. The molecule has 0 unspecified atom stereocenters. The van der Waals surface area contributed by atoms with E-state index in [1.54, 1.807) is 0 Å². The molecule has 1 N–H and O–H groups in total. The third kappa shape index (κ3) is 4.67. The first-order valence-electron chi connectivity index (χ1n) is 20.3. The van der Waals surface area contributed by atoms with Crippen molar-refractivity contribution in [3.05, 3.63) is 187 Å². The van der Waals surface area contributed by atoms with Crippen LogP contribution in [-0.2, 0) is 5.41 Å². The highest BCUT2D eigenvalue weighted by atomic mass is 32.1. The van der Waals surface area contributed by atoms with Gasteiger partial charge >= 0.3 is 0 Å². The summed E-state index contributed by atoms with van der Waals surface area (Å²) < 4.78 is 5.27. The highest BCUT2D eigenvalue weighted by molar-refractivity contribution is 7.26. The maximum Gasteiger partial charge on any atom is 0.0640 e. The molecule has 0 saturated carbocycles. The minimum atomic E-state index is -0.178. The minimum absolute atomic E-state index is 0.178. The number of thiophene rings is 2. The highest BCUT2D eigenvalue weighted by Gasteiger charge is 2.39. The number of hydrogen-bond donors (Lipinski definition) is 1. The van der Waals surface area contributed by atoms with Crippen LogP contribution >= 0.6 is 22.7 Å². The van der Waals surface area contributed by atoms with Crippen molar-refractivity contribution in [1.82, 2.24) is 0 Å². The number of fused-ring (bicyclic) bond motifs is 12. The molecule has 2 aromatic heterocycles. The van der Waals surface area contributed by atoms with Crippen LogP contribution in [0.2, 0.25) is 0 Å². The van der Waals surface area contributed by atoms with Gasteiger partial charge in [-0.3, -0.25) is 0 Å². The molecule has 0 amide bonds. The lowest BCUT2D eigenvalue weighted by atomic mass is 9.78. The SMILES string of the molecule is CC1(C)c2ccc(N(c3ccc(-c4cccc5c4sc4ccccc45)cc3)c3cccc4c3sc3ccccc34)cc2-c2cc3c4c(cccc4c21)Nc1ccccc1-3. The number of benzene rings is 9. The van der Waals surface area contributed by atoms with E-state index in [1.807, 2.05) is 22.7 Å². The fraction of sp³-hybridized carbons (Fsp3) is 0.0545. The number of nitrogens with zero attached hydrogens (tertiary/aromatic N) is 1. The van der Waals surface area contributed by atoms with E-state index in [-0.39, 0.29) is 5.41 Å². The largest absolute Gasteiger partial charge is 0.354 e. The van der Waals surface area contributed by atoms with E-state index >= 15 is 0 Å². The minimum Gasteiger partial charge on any atom is -0.354 e. The molecule has 0 radical (unpaired) electrons. The molecule has 4 heteroatoms. The first-order valence-corrected chi connectivity index (χ1v) is 22.0. The fourth-order valence-electron chi connectivity index (χ4n) is 10.3. The molecular formula is C55H36N2S2. The van der Waals surface area contributed by atoms with Crippen LogP contribution in [0.15, 0.2) is 176 Å². The van der Waals surface area contributed by atoms with Gasteiger partial charge in [0.25, 0.3) is 0 Å². The first-order chi connectivity index (χ1) is 29.0. The van der Waals surface area contributed by atoms with Crippen molar-refractivity contribution in [2.75, 3.05) is 10.2 Å². The van der Waals surface area contributed by atoms with Gasteiger partial charge in [0.2, 0.25) is 0 Å². The van der Waals surface area contributed by atoms with Crippen molar-refractivity contribution in [3.8, 4) is 33.4 Å². The Balaban J connectivity index is 1.03. The summed E-state index contributed by atoms with van der Waals surface area (Å²) in [5, 5.41) is 11.6. The van der Waals surface area contributed by atoms with Gasteiger partial charge in [0.15, 0.2) is 0 Å². The Morgan fingerprint density at radius 1 is 0.441 bits per heavy atom. The molecule has 9 aromatic carbocycles. The van der Waals surface area contributed by atoms with Crippen LogP contribution in [0, 0.1) is 0 Å². The quantitative estimate of drug-likeness (QED) is 0.191. The van der Waals surface area contributed by atoms with Gasteiger partial charge in [-0.15, -0.1) is 22.7 Å². The summed E-state index contributed by atoms with van der Waals surface area (Å²) in [7, 11) is 0. The van der Waals surface area contributed by atoms with E-state index < -0.39 is 0 Å². The van der Waals surface area contributed by atoms with Gasteiger partial charge in [-0.2, -0.15) is 0 Å². The monoisotopic (exact) mass is 788 g/mol. The van der Waals surface area contributed by atoms with Crippen LogP contribution in [0.4, 0.5) is 28.4 Å². The molecule has 1 aliphatic carbocycles. The molecule has 11 aromatic rings. The third-order valence-corrected chi connectivity index (χ3v) is 15.4. The number of nitrogens with one attached hydrogen (secondary N) is 1. The van der Waals surface area contributed by atoms with Crippen molar-refractivity contribution < 1.29 is 0 Å². The third-order valence-electron chi connectivity index (χ3n) is 13.0. The molecule has 0 bridgehead atoms. The van der Waals surface area contributed by atoms with Gasteiger partial charge in [0.1, 0.15) is 0 Å². The van der Waals surface area contributed by atoms with E-state index in [9.17, 15) is 0 Å². The summed E-state index contributed by atoms with van der Waals surface area (Å²) in [6.45, 7) is 4.81. The lowest BCUT2D eigenvalue weighted by molar-refractivity contribution is 0.666. The average Bonchev–Trinajstić information content (AvgIpc) is 3.92. The smallest absolute Gasteiger partial charge is 0.0640 e. The summed E-state index contributed by atoms with van der Waals surface area (Å²) >= 11 is 3.77. The molecule has 0 saturated heterocycles. The van der Waals surface area contributed by atoms with Crippen LogP contribution in [-0.4, -0.2) is 0 Å². The summed E-state index contributed by atoms with van der Waals surface area (Å²) in [6.07, 6.45) is 0. The molecule has 0 atom stereocenters. The zero-order valence-corrected chi connectivity index (χ0v) is 34.1. The van der Waals surface area contributed by atoms with E-state index in [4.69, 9.17) is 0 Å². The molecule has 2 aliphatic rings. The molecule has 3 heterocycles. The molecule has 1 aliphatic heterocycles. The van der Waals surface area contributed by atoms with Gasteiger partial charge in [0.05, 0.1) is 10.4 Å². The Labute approximate surface area is 350 Å². The van der Waals surface area contributed by atoms with Gasteiger partial charge in [-0.05, 0) is 105 Å². The summed E-state index contributed by atoms with van der Waals surface area (Å²) in [5.74, 6) is 0.